The van der Waals surface area contributed by atoms with Gasteiger partial charge in [-0.2, -0.15) is 5.26 Å². The van der Waals surface area contributed by atoms with Gasteiger partial charge < -0.3 is 9.80 Å². The van der Waals surface area contributed by atoms with E-state index in [9.17, 15) is 5.26 Å². The molecule has 0 atom stereocenters. The van der Waals surface area contributed by atoms with E-state index in [1.807, 2.05) is 6.07 Å². The average Bonchev–Trinajstić information content (AvgIpc) is 2.39. The van der Waals surface area contributed by atoms with Crippen molar-refractivity contribution < 1.29 is 0 Å². The molecule has 1 heterocycles. The second-order valence-corrected chi connectivity index (χ2v) is 4.61. The van der Waals surface area contributed by atoms with Crippen LogP contribution in [-0.2, 0) is 6.42 Å². The predicted octanol–water partition coefficient (Wildman–Crippen LogP) is 1.87. The van der Waals surface area contributed by atoms with Gasteiger partial charge in [0.05, 0.1) is 11.3 Å². The minimum atomic E-state index is 0.814. The van der Waals surface area contributed by atoms with Crippen LogP contribution in [-0.4, -0.2) is 38.1 Å². The highest BCUT2D eigenvalue weighted by Crippen LogP contribution is 2.22. The summed E-state index contributed by atoms with van der Waals surface area (Å²) >= 11 is 0. The number of nitriles is 1. The average molecular weight is 229 g/mol. The summed E-state index contributed by atoms with van der Waals surface area (Å²) in [7, 11) is 2.14. The van der Waals surface area contributed by atoms with Gasteiger partial charge in [0, 0.05) is 26.2 Å². The van der Waals surface area contributed by atoms with Crippen molar-refractivity contribution in [1.82, 2.24) is 4.90 Å². The lowest BCUT2D eigenvalue weighted by molar-refractivity contribution is 0.313. The van der Waals surface area contributed by atoms with E-state index >= 15 is 0 Å². The van der Waals surface area contributed by atoms with Gasteiger partial charge in [-0.3, -0.25) is 0 Å². The number of aryl methyl sites for hydroxylation is 1. The molecule has 0 spiro atoms. The quantitative estimate of drug-likeness (QED) is 0.775. The summed E-state index contributed by atoms with van der Waals surface area (Å²) in [4.78, 5) is 4.64. The van der Waals surface area contributed by atoms with Crippen molar-refractivity contribution in [2.75, 3.05) is 38.1 Å². The van der Waals surface area contributed by atoms with Crippen LogP contribution in [0.5, 0.6) is 0 Å². The zero-order valence-electron chi connectivity index (χ0n) is 10.6. The van der Waals surface area contributed by atoms with Crippen molar-refractivity contribution in [1.29, 1.82) is 5.26 Å². The summed E-state index contributed by atoms with van der Waals surface area (Å²) < 4.78 is 0. The molecule has 3 heteroatoms. The summed E-state index contributed by atoms with van der Waals surface area (Å²) in [5.74, 6) is 0. The minimum Gasteiger partial charge on any atom is -0.368 e. The smallest absolute Gasteiger partial charge is 0.101 e. The Kier molecular flexibility index (Phi) is 3.65. The summed E-state index contributed by atoms with van der Waals surface area (Å²) in [6, 6.07) is 8.58. The molecule has 0 saturated carbocycles. The van der Waals surface area contributed by atoms with E-state index in [4.69, 9.17) is 0 Å². The number of anilines is 1. The Bertz CT molecular complexity index is 426. The third-order valence-corrected chi connectivity index (χ3v) is 3.43. The molecular formula is C14H19N3. The number of hydrogen-bond donors (Lipinski definition) is 0. The molecule has 1 aliphatic heterocycles. The van der Waals surface area contributed by atoms with E-state index in [0.29, 0.717) is 0 Å². The fourth-order valence-electron chi connectivity index (χ4n) is 2.22. The second kappa shape index (κ2) is 5.20. The normalized spacial score (nSPS) is 16.9. The molecular weight excluding hydrogens is 210 g/mol. The predicted molar refractivity (Wildman–Crippen MR) is 70.2 cm³/mol. The van der Waals surface area contributed by atoms with Gasteiger partial charge in [-0.1, -0.05) is 13.0 Å². The van der Waals surface area contributed by atoms with Crippen molar-refractivity contribution in [3.63, 3.8) is 0 Å². The third-order valence-electron chi connectivity index (χ3n) is 3.43. The van der Waals surface area contributed by atoms with Crippen molar-refractivity contribution in [2.24, 2.45) is 0 Å². The lowest BCUT2D eigenvalue weighted by Crippen LogP contribution is -2.44. The lowest BCUT2D eigenvalue weighted by atomic mass is 10.1. The van der Waals surface area contributed by atoms with Crippen LogP contribution in [0.4, 0.5) is 5.69 Å². The van der Waals surface area contributed by atoms with Crippen LogP contribution in [0.1, 0.15) is 18.1 Å². The third kappa shape index (κ3) is 2.59. The molecule has 0 N–H and O–H groups in total. The zero-order chi connectivity index (χ0) is 12.3. The van der Waals surface area contributed by atoms with Gasteiger partial charge in [0.1, 0.15) is 6.07 Å². The van der Waals surface area contributed by atoms with E-state index < -0.39 is 0 Å². The van der Waals surface area contributed by atoms with Crippen LogP contribution in [0, 0.1) is 11.3 Å². The van der Waals surface area contributed by atoms with Gasteiger partial charge in [-0.25, -0.2) is 0 Å². The first-order chi connectivity index (χ1) is 8.24. The van der Waals surface area contributed by atoms with Crippen LogP contribution in [0.3, 0.4) is 0 Å². The SMILES string of the molecule is CCc1ccc(N2CCN(C)CC2)c(C#N)c1. The molecule has 90 valence electrons. The highest BCUT2D eigenvalue weighted by molar-refractivity contribution is 5.60. The van der Waals surface area contributed by atoms with Crippen LogP contribution in [0.2, 0.25) is 0 Å². The molecule has 3 nitrogen and oxygen atoms in total. The summed E-state index contributed by atoms with van der Waals surface area (Å²) in [5, 5.41) is 9.23. The monoisotopic (exact) mass is 229 g/mol. The molecule has 2 rings (SSSR count). The van der Waals surface area contributed by atoms with E-state index in [0.717, 1.165) is 43.9 Å². The van der Waals surface area contributed by atoms with Crippen molar-refractivity contribution in [3.8, 4) is 6.07 Å². The van der Waals surface area contributed by atoms with Gasteiger partial charge in [0.2, 0.25) is 0 Å². The Hall–Kier alpha value is -1.53. The first kappa shape index (κ1) is 11.9. The van der Waals surface area contributed by atoms with Gasteiger partial charge in [0.25, 0.3) is 0 Å². The first-order valence-electron chi connectivity index (χ1n) is 6.21. The largest absolute Gasteiger partial charge is 0.368 e. The minimum absolute atomic E-state index is 0.814. The topological polar surface area (TPSA) is 30.3 Å². The van der Waals surface area contributed by atoms with Crippen molar-refractivity contribution in [3.05, 3.63) is 29.3 Å². The van der Waals surface area contributed by atoms with E-state index in [-0.39, 0.29) is 0 Å². The highest BCUT2D eigenvalue weighted by atomic mass is 15.2. The molecule has 0 aliphatic carbocycles. The van der Waals surface area contributed by atoms with Gasteiger partial charge >= 0.3 is 0 Å². The molecule has 1 aromatic carbocycles. The number of hydrogen-bond acceptors (Lipinski definition) is 3. The van der Waals surface area contributed by atoms with Crippen molar-refractivity contribution in [2.45, 2.75) is 13.3 Å². The first-order valence-corrected chi connectivity index (χ1v) is 6.21. The molecule has 0 bridgehead atoms. The van der Waals surface area contributed by atoms with Crippen LogP contribution >= 0.6 is 0 Å². The van der Waals surface area contributed by atoms with E-state index in [1.165, 1.54) is 5.56 Å². The highest BCUT2D eigenvalue weighted by Gasteiger charge is 2.16. The molecule has 1 fully saturated rings. The Morgan fingerprint density at radius 2 is 1.94 bits per heavy atom. The van der Waals surface area contributed by atoms with Gasteiger partial charge in [-0.15, -0.1) is 0 Å². The number of benzene rings is 1. The standard InChI is InChI=1S/C14H19N3/c1-3-12-4-5-14(13(10-12)11-15)17-8-6-16(2)7-9-17/h4-5,10H,3,6-9H2,1-2H3. The van der Waals surface area contributed by atoms with E-state index in [1.54, 1.807) is 0 Å². The Balaban J connectivity index is 2.23. The lowest BCUT2D eigenvalue weighted by Gasteiger charge is -2.34. The number of likely N-dealkylation sites (N-methyl/N-ethyl adjacent to an activating group) is 1. The fourth-order valence-corrected chi connectivity index (χ4v) is 2.22. The summed E-state index contributed by atoms with van der Waals surface area (Å²) in [6.07, 6.45) is 0.984. The van der Waals surface area contributed by atoms with Crippen LogP contribution < -0.4 is 4.90 Å². The number of rotatable bonds is 2. The van der Waals surface area contributed by atoms with Crippen molar-refractivity contribution >= 4 is 5.69 Å². The number of nitrogens with zero attached hydrogens (tertiary/aromatic N) is 3. The maximum atomic E-state index is 9.23. The molecule has 0 aromatic heterocycles. The zero-order valence-corrected chi connectivity index (χ0v) is 10.6. The molecule has 1 aliphatic rings. The maximum absolute atomic E-state index is 9.23. The molecule has 1 aromatic rings. The second-order valence-electron chi connectivity index (χ2n) is 4.61. The number of piperazine rings is 1. The Labute approximate surface area is 103 Å². The molecule has 1 saturated heterocycles. The Morgan fingerprint density at radius 3 is 2.53 bits per heavy atom. The van der Waals surface area contributed by atoms with E-state index in [2.05, 4.69) is 42.0 Å². The molecule has 0 amide bonds. The Morgan fingerprint density at radius 1 is 1.24 bits per heavy atom. The molecule has 0 unspecified atom stereocenters. The fraction of sp³-hybridized carbons (Fsp3) is 0.500. The molecule has 0 radical (unpaired) electrons. The van der Waals surface area contributed by atoms with Gasteiger partial charge in [-0.05, 0) is 31.2 Å². The maximum Gasteiger partial charge on any atom is 0.101 e. The van der Waals surface area contributed by atoms with Gasteiger partial charge in [0.15, 0.2) is 0 Å². The molecule has 17 heavy (non-hydrogen) atoms. The van der Waals surface area contributed by atoms with Crippen LogP contribution in [0.15, 0.2) is 18.2 Å². The summed E-state index contributed by atoms with van der Waals surface area (Å²) in [6.45, 7) is 6.28. The summed E-state index contributed by atoms with van der Waals surface area (Å²) in [5.41, 5.74) is 3.14. The van der Waals surface area contributed by atoms with Crippen LogP contribution in [0.25, 0.3) is 0 Å².